The molecule has 0 aliphatic rings. The van der Waals surface area contributed by atoms with Gasteiger partial charge in [-0.1, -0.05) is 32.0 Å². The molecule has 0 aliphatic carbocycles. The van der Waals surface area contributed by atoms with E-state index in [0.29, 0.717) is 5.92 Å². The molecule has 0 radical (unpaired) electrons. The smallest absolute Gasteiger partial charge is 0.132 e. The molecule has 0 saturated carbocycles. The number of para-hydroxylation sites is 1. The molecule has 0 unspecified atom stereocenters. The van der Waals surface area contributed by atoms with Crippen LogP contribution in [0.4, 0.5) is 0 Å². The van der Waals surface area contributed by atoms with Crippen molar-refractivity contribution in [2.75, 3.05) is 0 Å². The van der Waals surface area contributed by atoms with E-state index in [-0.39, 0.29) is 0 Å². The monoisotopic (exact) mass is 250 g/mol. The van der Waals surface area contributed by atoms with E-state index in [4.69, 9.17) is 0 Å². The maximum Gasteiger partial charge on any atom is 0.132 e. The first-order valence-electron chi connectivity index (χ1n) is 4.60. The van der Waals surface area contributed by atoms with E-state index in [1.165, 1.54) is 0 Å². The molecule has 0 saturated heterocycles. The van der Waals surface area contributed by atoms with Gasteiger partial charge in [0.1, 0.15) is 10.4 Å². The number of hydrogen-bond donors (Lipinski definition) is 0. The molecule has 0 amide bonds. The summed E-state index contributed by atoms with van der Waals surface area (Å²) >= 11 is 3.46. The van der Waals surface area contributed by atoms with Crippen molar-refractivity contribution in [3.63, 3.8) is 0 Å². The van der Waals surface area contributed by atoms with Crippen LogP contribution in [0.15, 0.2) is 28.9 Å². The van der Waals surface area contributed by atoms with Gasteiger partial charge in [0, 0.05) is 11.3 Å². The molecule has 72 valence electrons. The van der Waals surface area contributed by atoms with Crippen LogP contribution in [-0.2, 0) is 0 Å². The van der Waals surface area contributed by atoms with Gasteiger partial charge in [0.05, 0.1) is 5.52 Å². The Balaban J connectivity index is 2.72. The Morgan fingerprint density at radius 2 is 1.86 bits per heavy atom. The van der Waals surface area contributed by atoms with E-state index in [2.05, 4.69) is 39.7 Å². The van der Waals surface area contributed by atoms with Crippen molar-refractivity contribution in [1.82, 2.24) is 9.97 Å². The summed E-state index contributed by atoms with van der Waals surface area (Å²) in [5, 5.41) is 1.07. The number of fused-ring (bicyclic) bond motifs is 1. The van der Waals surface area contributed by atoms with Gasteiger partial charge in [-0.05, 0) is 22.0 Å². The SMILES string of the molecule is CC(C)c1nc(Br)c2ccccc2n1. The second-order valence-electron chi connectivity index (χ2n) is 3.54. The predicted octanol–water partition coefficient (Wildman–Crippen LogP) is 3.52. The fourth-order valence-electron chi connectivity index (χ4n) is 1.31. The first kappa shape index (κ1) is 9.59. The Bertz CT molecular complexity index is 466. The van der Waals surface area contributed by atoms with Gasteiger partial charge in [0.25, 0.3) is 0 Å². The van der Waals surface area contributed by atoms with Crippen molar-refractivity contribution >= 4 is 26.8 Å². The average Bonchev–Trinajstić information content (AvgIpc) is 2.17. The Hall–Kier alpha value is -0.960. The molecule has 3 heteroatoms. The zero-order valence-corrected chi connectivity index (χ0v) is 9.75. The molecular weight excluding hydrogens is 240 g/mol. The van der Waals surface area contributed by atoms with E-state index >= 15 is 0 Å². The largest absolute Gasteiger partial charge is 0.233 e. The van der Waals surface area contributed by atoms with E-state index in [1.807, 2.05) is 24.3 Å². The highest BCUT2D eigenvalue weighted by Gasteiger charge is 2.07. The van der Waals surface area contributed by atoms with E-state index in [1.54, 1.807) is 0 Å². The van der Waals surface area contributed by atoms with Crippen LogP contribution in [0.3, 0.4) is 0 Å². The van der Waals surface area contributed by atoms with Crippen LogP contribution in [0.25, 0.3) is 10.9 Å². The third kappa shape index (κ3) is 1.64. The number of nitrogens with zero attached hydrogens (tertiary/aromatic N) is 2. The van der Waals surface area contributed by atoms with Crippen molar-refractivity contribution in [3.8, 4) is 0 Å². The van der Waals surface area contributed by atoms with Gasteiger partial charge in [0.2, 0.25) is 0 Å². The average molecular weight is 251 g/mol. The van der Waals surface area contributed by atoms with Crippen LogP contribution in [0.2, 0.25) is 0 Å². The van der Waals surface area contributed by atoms with Gasteiger partial charge in [-0.25, -0.2) is 9.97 Å². The highest BCUT2D eigenvalue weighted by atomic mass is 79.9. The molecule has 0 bridgehead atoms. The fraction of sp³-hybridized carbons (Fsp3) is 0.273. The second-order valence-corrected chi connectivity index (χ2v) is 4.30. The van der Waals surface area contributed by atoms with Crippen LogP contribution in [-0.4, -0.2) is 9.97 Å². The molecule has 0 spiro atoms. The van der Waals surface area contributed by atoms with Crippen molar-refractivity contribution < 1.29 is 0 Å². The summed E-state index contributed by atoms with van der Waals surface area (Å²) in [7, 11) is 0. The van der Waals surface area contributed by atoms with Gasteiger partial charge in [-0.3, -0.25) is 0 Å². The third-order valence-corrected chi connectivity index (χ3v) is 2.69. The molecule has 14 heavy (non-hydrogen) atoms. The van der Waals surface area contributed by atoms with Gasteiger partial charge in [-0.2, -0.15) is 0 Å². The number of aromatic nitrogens is 2. The quantitative estimate of drug-likeness (QED) is 0.724. The van der Waals surface area contributed by atoms with Crippen LogP contribution >= 0.6 is 15.9 Å². The molecule has 1 heterocycles. The van der Waals surface area contributed by atoms with Crippen molar-refractivity contribution in [2.45, 2.75) is 19.8 Å². The van der Waals surface area contributed by atoms with Crippen LogP contribution in [0.1, 0.15) is 25.6 Å². The molecule has 0 atom stereocenters. The van der Waals surface area contributed by atoms with Crippen molar-refractivity contribution in [1.29, 1.82) is 0 Å². The summed E-state index contributed by atoms with van der Waals surface area (Å²) in [5.41, 5.74) is 0.998. The van der Waals surface area contributed by atoms with Crippen LogP contribution in [0.5, 0.6) is 0 Å². The molecule has 1 aromatic heterocycles. The molecule has 0 fully saturated rings. The van der Waals surface area contributed by atoms with E-state index in [9.17, 15) is 0 Å². The predicted molar refractivity (Wildman–Crippen MR) is 61.3 cm³/mol. The van der Waals surface area contributed by atoms with Gasteiger partial charge in [-0.15, -0.1) is 0 Å². The number of hydrogen-bond acceptors (Lipinski definition) is 2. The summed E-state index contributed by atoms with van der Waals surface area (Å²) < 4.78 is 0.881. The second kappa shape index (κ2) is 3.65. The Kier molecular flexibility index (Phi) is 2.50. The zero-order chi connectivity index (χ0) is 10.1. The van der Waals surface area contributed by atoms with Gasteiger partial charge < -0.3 is 0 Å². The lowest BCUT2D eigenvalue weighted by molar-refractivity contribution is 0.779. The Morgan fingerprint density at radius 1 is 1.14 bits per heavy atom. The molecule has 2 rings (SSSR count). The number of rotatable bonds is 1. The third-order valence-electron chi connectivity index (χ3n) is 2.09. The maximum absolute atomic E-state index is 4.49. The lowest BCUT2D eigenvalue weighted by Gasteiger charge is -2.06. The first-order chi connectivity index (χ1) is 6.68. The summed E-state index contributed by atoms with van der Waals surface area (Å²) in [6, 6.07) is 8.01. The summed E-state index contributed by atoms with van der Waals surface area (Å²) in [4.78, 5) is 8.90. The molecular formula is C11H11BrN2. The lowest BCUT2D eigenvalue weighted by Crippen LogP contribution is -1.98. The molecule has 1 aromatic carbocycles. The highest BCUT2D eigenvalue weighted by molar-refractivity contribution is 9.10. The first-order valence-corrected chi connectivity index (χ1v) is 5.40. The number of halogens is 1. The lowest BCUT2D eigenvalue weighted by atomic mass is 10.2. The Morgan fingerprint density at radius 3 is 2.57 bits per heavy atom. The van der Waals surface area contributed by atoms with Crippen LogP contribution < -0.4 is 0 Å². The molecule has 2 nitrogen and oxygen atoms in total. The number of benzene rings is 1. The van der Waals surface area contributed by atoms with Gasteiger partial charge >= 0.3 is 0 Å². The fourth-order valence-corrected chi connectivity index (χ4v) is 1.83. The molecule has 2 aromatic rings. The van der Waals surface area contributed by atoms with Crippen molar-refractivity contribution in [3.05, 3.63) is 34.7 Å². The maximum atomic E-state index is 4.49. The standard InChI is InChI=1S/C11H11BrN2/c1-7(2)11-13-9-6-4-3-5-8(9)10(12)14-11/h3-7H,1-2H3. The highest BCUT2D eigenvalue weighted by Crippen LogP contribution is 2.22. The van der Waals surface area contributed by atoms with Crippen molar-refractivity contribution in [2.24, 2.45) is 0 Å². The Labute approximate surface area is 91.5 Å². The minimum absolute atomic E-state index is 0.357. The normalized spacial score (nSPS) is 11.1. The zero-order valence-electron chi connectivity index (χ0n) is 8.16. The molecule has 0 aliphatic heterocycles. The van der Waals surface area contributed by atoms with E-state index < -0.39 is 0 Å². The minimum atomic E-state index is 0.357. The summed E-state index contributed by atoms with van der Waals surface area (Å²) in [5.74, 6) is 1.24. The molecule has 0 N–H and O–H groups in total. The van der Waals surface area contributed by atoms with Crippen LogP contribution in [0, 0.1) is 0 Å². The minimum Gasteiger partial charge on any atom is -0.233 e. The van der Waals surface area contributed by atoms with Gasteiger partial charge in [0.15, 0.2) is 0 Å². The summed E-state index contributed by atoms with van der Waals surface area (Å²) in [6.45, 7) is 4.19. The van der Waals surface area contributed by atoms with E-state index in [0.717, 1.165) is 21.3 Å². The summed E-state index contributed by atoms with van der Waals surface area (Å²) in [6.07, 6.45) is 0. The topological polar surface area (TPSA) is 25.8 Å².